The van der Waals surface area contributed by atoms with E-state index >= 15 is 0 Å². The summed E-state index contributed by atoms with van der Waals surface area (Å²) in [5, 5.41) is 0. The van der Waals surface area contributed by atoms with Crippen LogP contribution in [0.3, 0.4) is 0 Å². The lowest BCUT2D eigenvalue weighted by molar-refractivity contribution is 0.167. The first-order valence-corrected chi connectivity index (χ1v) is 8.57. The molecule has 0 aliphatic rings. The lowest BCUT2D eigenvalue weighted by Crippen LogP contribution is -2.40. The van der Waals surface area contributed by atoms with E-state index in [1.54, 1.807) is 31.0 Å². The van der Waals surface area contributed by atoms with Crippen LogP contribution in [0.5, 0.6) is 0 Å². The fourth-order valence-corrected chi connectivity index (χ4v) is 4.00. The van der Waals surface area contributed by atoms with Crippen molar-refractivity contribution in [1.29, 1.82) is 0 Å². The Kier molecular flexibility index (Phi) is 6.51. The summed E-state index contributed by atoms with van der Waals surface area (Å²) in [5.41, 5.74) is 0.779. The minimum absolute atomic E-state index is 0.0743. The van der Waals surface area contributed by atoms with Crippen molar-refractivity contribution in [2.45, 2.75) is 37.1 Å². The van der Waals surface area contributed by atoms with Gasteiger partial charge in [-0.15, -0.1) is 11.6 Å². The molecule has 1 aromatic rings. The van der Waals surface area contributed by atoms with Crippen LogP contribution in [0.25, 0.3) is 0 Å². The van der Waals surface area contributed by atoms with Crippen LogP contribution in [0, 0.1) is 0 Å². The number of ether oxygens (including phenoxy) is 1. The van der Waals surface area contributed by atoms with Crippen LogP contribution in [0.15, 0.2) is 17.2 Å². The van der Waals surface area contributed by atoms with Crippen molar-refractivity contribution < 1.29 is 13.2 Å². The molecule has 1 atom stereocenters. The first kappa shape index (κ1) is 17.5. The quantitative estimate of drug-likeness (QED) is 0.689. The molecule has 0 saturated carbocycles. The van der Waals surface area contributed by atoms with E-state index in [9.17, 15) is 8.42 Å². The third-order valence-electron chi connectivity index (χ3n) is 3.42. The highest BCUT2D eigenvalue weighted by Gasteiger charge is 2.29. The standard InChI is InChI=1S/C13H23ClN2O3S/c1-5-11(2)16(6-7-19-4)20(17,18)13-8-12(9-14)15(3)10-13/h8,10-11H,5-7,9H2,1-4H3. The first-order valence-electron chi connectivity index (χ1n) is 6.60. The zero-order valence-corrected chi connectivity index (χ0v) is 14.0. The molecule has 20 heavy (non-hydrogen) atoms. The summed E-state index contributed by atoms with van der Waals surface area (Å²) in [6, 6.07) is 1.56. The second kappa shape index (κ2) is 7.45. The van der Waals surface area contributed by atoms with Gasteiger partial charge in [-0.2, -0.15) is 4.31 Å². The maximum atomic E-state index is 12.7. The van der Waals surface area contributed by atoms with Gasteiger partial charge in [0.1, 0.15) is 4.90 Å². The van der Waals surface area contributed by atoms with Crippen molar-refractivity contribution in [2.75, 3.05) is 20.3 Å². The summed E-state index contributed by atoms with van der Waals surface area (Å²) in [5.74, 6) is 0.285. The number of rotatable bonds is 8. The highest BCUT2D eigenvalue weighted by Crippen LogP contribution is 2.22. The molecule has 1 unspecified atom stereocenters. The molecule has 7 heteroatoms. The summed E-state index contributed by atoms with van der Waals surface area (Å²) in [7, 11) is -0.166. The Morgan fingerprint density at radius 2 is 2.15 bits per heavy atom. The van der Waals surface area contributed by atoms with Gasteiger partial charge in [0.2, 0.25) is 10.0 Å². The van der Waals surface area contributed by atoms with Gasteiger partial charge in [-0.05, 0) is 19.4 Å². The van der Waals surface area contributed by atoms with Crippen LogP contribution < -0.4 is 0 Å². The molecule has 1 rings (SSSR count). The highest BCUT2D eigenvalue weighted by molar-refractivity contribution is 7.89. The van der Waals surface area contributed by atoms with Crippen LogP contribution >= 0.6 is 11.6 Å². The molecular weight excluding hydrogens is 300 g/mol. The van der Waals surface area contributed by atoms with Gasteiger partial charge < -0.3 is 9.30 Å². The average molecular weight is 323 g/mol. The first-order chi connectivity index (χ1) is 9.38. The normalized spacial score (nSPS) is 13.9. The Balaban J connectivity index is 3.14. The molecule has 0 aliphatic heterocycles. The zero-order chi connectivity index (χ0) is 15.3. The Labute approximate surface area is 126 Å². The number of nitrogens with zero attached hydrogens (tertiary/aromatic N) is 2. The molecule has 0 N–H and O–H groups in total. The molecule has 116 valence electrons. The third kappa shape index (κ3) is 3.75. The van der Waals surface area contributed by atoms with E-state index in [4.69, 9.17) is 16.3 Å². The van der Waals surface area contributed by atoms with Crippen LogP contribution in [0.1, 0.15) is 26.0 Å². The van der Waals surface area contributed by atoms with Gasteiger partial charge in [-0.25, -0.2) is 8.42 Å². The summed E-state index contributed by atoms with van der Waals surface area (Å²) >= 11 is 5.80. The van der Waals surface area contributed by atoms with E-state index in [1.807, 2.05) is 13.8 Å². The third-order valence-corrected chi connectivity index (χ3v) is 5.68. The molecule has 0 aromatic carbocycles. The van der Waals surface area contributed by atoms with E-state index < -0.39 is 10.0 Å². The maximum absolute atomic E-state index is 12.7. The second-order valence-electron chi connectivity index (χ2n) is 4.78. The molecule has 0 fully saturated rings. The molecule has 1 heterocycles. The summed E-state index contributed by atoms with van der Waals surface area (Å²) < 4.78 is 33.7. The van der Waals surface area contributed by atoms with Crippen LogP contribution in [0.2, 0.25) is 0 Å². The number of sulfonamides is 1. The molecule has 0 amide bonds. The number of alkyl halides is 1. The fraction of sp³-hybridized carbons (Fsp3) is 0.692. The van der Waals surface area contributed by atoms with Crippen molar-refractivity contribution in [3.8, 4) is 0 Å². The number of aryl methyl sites for hydroxylation is 1. The number of hydrogen-bond acceptors (Lipinski definition) is 3. The van der Waals surface area contributed by atoms with Crippen molar-refractivity contribution in [3.05, 3.63) is 18.0 Å². The average Bonchev–Trinajstić information content (AvgIpc) is 2.80. The number of methoxy groups -OCH3 is 1. The van der Waals surface area contributed by atoms with E-state index in [2.05, 4.69) is 0 Å². The van der Waals surface area contributed by atoms with Crippen molar-refractivity contribution in [3.63, 3.8) is 0 Å². The monoisotopic (exact) mass is 322 g/mol. The van der Waals surface area contributed by atoms with E-state index in [-0.39, 0.29) is 16.8 Å². The van der Waals surface area contributed by atoms with Gasteiger partial charge in [-0.1, -0.05) is 6.92 Å². The zero-order valence-electron chi connectivity index (χ0n) is 12.5. The smallest absolute Gasteiger partial charge is 0.244 e. The summed E-state index contributed by atoms with van der Waals surface area (Å²) in [4.78, 5) is 0.284. The van der Waals surface area contributed by atoms with E-state index in [1.165, 1.54) is 4.31 Å². The fourth-order valence-electron chi connectivity index (χ4n) is 1.95. The molecule has 0 bridgehead atoms. The summed E-state index contributed by atoms with van der Waals surface area (Å²) in [6.45, 7) is 4.59. The molecule has 1 aromatic heterocycles. The SMILES string of the molecule is CCC(C)N(CCOC)S(=O)(=O)c1cc(CCl)n(C)c1. The van der Waals surface area contributed by atoms with E-state index in [0.29, 0.717) is 13.2 Å². The Morgan fingerprint density at radius 3 is 2.60 bits per heavy atom. The van der Waals surface area contributed by atoms with E-state index in [0.717, 1.165) is 12.1 Å². The van der Waals surface area contributed by atoms with Crippen molar-refractivity contribution >= 4 is 21.6 Å². The number of aromatic nitrogens is 1. The van der Waals surface area contributed by atoms with Gasteiger partial charge >= 0.3 is 0 Å². The van der Waals surface area contributed by atoms with Crippen molar-refractivity contribution in [2.24, 2.45) is 7.05 Å². The molecular formula is C13H23ClN2O3S. The molecule has 5 nitrogen and oxygen atoms in total. The Morgan fingerprint density at radius 1 is 1.50 bits per heavy atom. The van der Waals surface area contributed by atoms with Gasteiger partial charge in [0.25, 0.3) is 0 Å². The molecule has 0 spiro atoms. The molecule has 0 aliphatic carbocycles. The predicted octanol–water partition coefficient (Wildman–Crippen LogP) is 2.20. The molecule has 0 radical (unpaired) electrons. The van der Waals surface area contributed by atoms with Crippen LogP contribution in [-0.4, -0.2) is 43.6 Å². The lowest BCUT2D eigenvalue weighted by Gasteiger charge is -2.26. The second-order valence-corrected chi connectivity index (χ2v) is 6.94. The Hall–Kier alpha value is -0.560. The minimum Gasteiger partial charge on any atom is -0.383 e. The van der Waals surface area contributed by atoms with Gasteiger partial charge in [0.15, 0.2) is 0 Å². The topological polar surface area (TPSA) is 51.5 Å². The predicted molar refractivity (Wildman–Crippen MR) is 80.5 cm³/mol. The van der Waals surface area contributed by atoms with Crippen LogP contribution in [-0.2, 0) is 27.7 Å². The van der Waals surface area contributed by atoms with Crippen LogP contribution in [0.4, 0.5) is 0 Å². The maximum Gasteiger partial charge on any atom is 0.244 e. The largest absolute Gasteiger partial charge is 0.383 e. The molecule has 0 saturated heterocycles. The summed E-state index contributed by atoms with van der Waals surface area (Å²) in [6.07, 6.45) is 2.35. The van der Waals surface area contributed by atoms with Crippen molar-refractivity contribution in [1.82, 2.24) is 8.87 Å². The Bertz CT molecular complexity index is 528. The van der Waals surface area contributed by atoms with Gasteiger partial charge in [-0.3, -0.25) is 0 Å². The number of hydrogen-bond donors (Lipinski definition) is 0. The van der Waals surface area contributed by atoms with Gasteiger partial charge in [0.05, 0.1) is 12.5 Å². The highest BCUT2D eigenvalue weighted by atomic mass is 35.5. The van der Waals surface area contributed by atoms with Gasteiger partial charge in [0, 0.05) is 38.6 Å². The minimum atomic E-state index is -3.52. The lowest BCUT2D eigenvalue weighted by atomic mass is 10.3. The number of halogens is 1.